The van der Waals surface area contributed by atoms with E-state index in [1.165, 1.54) is 0 Å². The number of hydrogen-bond donors (Lipinski definition) is 1. The first-order valence-electron chi connectivity index (χ1n) is 11.9. The number of fused-ring (bicyclic) bond motifs is 4. The highest BCUT2D eigenvalue weighted by atomic mass is 35.5. The lowest BCUT2D eigenvalue weighted by Gasteiger charge is -2.39. The lowest BCUT2D eigenvalue weighted by atomic mass is 9.98. The third-order valence-corrected chi connectivity index (χ3v) is 6.81. The van der Waals surface area contributed by atoms with E-state index < -0.39 is 0 Å². The monoisotopic (exact) mass is 504 g/mol. The molecule has 0 amide bonds. The van der Waals surface area contributed by atoms with Gasteiger partial charge in [-0.2, -0.15) is 5.10 Å². The Hall–Kier alpha value is -4.62. The number of anilines is 2. The molecule has 0 radical (unpaired) electrons. The number of aryl methyl sites for hydroxylation is 1. The summed E-state index contributed by atoms with van der Waals surface area (Å²) in [5.41, 5.74) is 5.45. The summed E-state index contributed by atoms with van der Waals surface area (Å²) in [5.74, 6) is 2.86. The van der Waals surface area contributed by atoms with Crippen LogP contribution in [0, 0.1) is 6.92 Å². The first-order valence-corrected chi connectivity index (χ1v) is 12.3. The number of nitrogens with zero attached hydrogens (tertiary/aromatic N) is 5. The molecule has 37 heavy (non-hydrogen) atoms. The number of para-hydroxylation sites is 3. The van der Waals surface area contributed by atoms with Crippen LogP contribution in [0.3, 0.4) is 0 Å². The van der Waals surface area contributed by atoms with Crippen LogP contribution in [0.1, 0.15) is 23.1 Å². The Morgan fingerprint density at radius 2 is 1.65 bits per heavy atom. The van der Waals surface area contributed by atoms with E-state index in [1.54, 1.807) is 6.26 Å². The Morgan fingerprint density at radius 1 is 0.865 bits per heavy atom. The molecule has 0 bridgehead atoms. The molecule has 5 aromatic rings. The normalized spacial score (nSPS) is 15.8. The van der Waals surface area contributed by atoms with Gasteiger partial charge in [-0.15, -0.1) is 0 Å². The highest BCUT2D eigenvalue weighted by Crippen LogP contribution is 2.48. The third-order valence-electron chi connectivity index (χ3n) is 6.56. The zero-order chi connectivity index (χ0) is 24.9. The molecule has 7 rings (SSSR count). The molecule has 7 nitrogen and oxygen atoms in total. The molecular weight excluding hydrogens is 484 g/mol. The highest BCUT2D eigenvalue weighted by Gasteiger charge is 2.42. The summed E-state index contributed by atoms with van der Waals surface area (Å²) in [6.07, 6.45) is 1.70. The Kier molecular flexibility index (Phi) is 4.97. The van der Waals surface area contributed by atoms with Gasteiger partial charge in [-0.3, -0.25) is 0 Å². The van der Waals surface area contributed by atoms with Crippen molar-refractivity contribution in [1.29, 1.82) is 0 Å². The van der Waals surface area contributed by atoms with Gasteiger partial charge in [0.05, 0.1) is 34.6 Å². The van der Waals surface area contributed by atoms with Crippen molar-refractivity contribution in [2.75, 3.05) is 10.2 Å². The standard InChI is InChI=1S/C29H21ClN6O/c1-18-25-26(24-12-7-17-37-24)35-23-11-6-5-10-22(23)32-27(31-20-15-13-19(30)14-16-20)29(35)33-28(25)36(34-18)21-8-3-2-4-9-21/h2-17,26H,1H3,(H,31,32). The minimum Gasteiger partial charge on any atom is -0.467 e. The smallest absolute Gasteiger partial charge is 0.179 e. The van der Waals surface area contributed by atoms with Gasteiger partial charge < -0.3 is 14.6 Å². The van der Waals surface area contributed by atoms with Crippen LogP contribution in [0.4, 0.5) is 22.9 Å². The number of furan rings is 1. The molecule has 2 aliphatic rings. The van der Waals surface area contributed by atoms with E-state index in [0.29, 0.717) is 16.7 Å². The molecule has 3 aromatic carbocycles. The van der Waals surface area contributed by atoms with Crippen molar-refractivity contribution in [2.24, 2.45) is 9.98 Å². The van der Waals surface area contributed by atoms with E-state index in [9.17, 15) is 0 Å². The molecule has 1 unspecified atom stereocenters. The molecule has 0 saturated heterocycles. The summed E-state index contributed by atoms with van der Waals surface area (Å²) in [5, 5.41) is 9.06. The minimum atomic E-state index is -0.284. The Balaban J connectivity index is 1.49. The average molecular weight is 505 g/mol. The second-order valence-corrected chi connectivity index (χ2v) is 9.31. The zero-order valence-corrected chi connectivity index (χ0v) is 20.6. The van der Waals surface area contributed by atoms with Gasteiger partial charge >= 0.3 is 0 Å². The van der Waals surface area contributed by atoms with Gasteiger partial charge in [0.2, 0.25) is 0 Å². The number of nitrogens with one attached hydrogen (secondary N) is 1. The molecule has 0 aliphatic carbocycles. The van der Waals surface area contributed by atoms with Gasteiger partial charge in [0.25, 0.3) is 0 Å². The van der Waals surface area contributed by atoms with Crippen molar-refractivity contribution in [3.8, 4) is 5.69 Å². The Labute approximate surface area is 218 Å². The summed E-state index contributed by atoms with van der Waals surface area (Å²) < 4.78 is 7.92. The maximum Gasteiger partial charge on any atom is 0.179 e. The maximum atomic E-state index is 6.13. The summed E-state index contributed by atoms with van der Waals surface area (Å²) in [7, 11) is 0. The van der Waals surface area contributed by atoms with E-state index in [0.717, 1.165) is 45.6 Å². The number of hydrogen-bond acceptors (Lipinski definition) is 6. The number of halogens is 1. The molecule has 2 aromatic heterocycles. The molecule has 2 aliphatic heterocycles. The largest absolute Gasteiger partial charge is 0.467 e. The van der Waals surface area contributed by atoms with E-state index >= 15 is 0 Å². The van der Waals surface area contributed by atoms with Gasteiger partial charge in [-0.25, -0.2) is 14.7 Å². The number of amidine groups is 2. The van der Waals surface area contributed by atoms with Crippen molar-refractivity contribution in [3.05, 3.63) is 119 Å². The molecule has 1 N–H and O–H groups in total. The lowest BCUT2D eigenvalue weighted by Crippen LogP contribution is -2.46. The second kappa shape index (κ2) is 8.50. The number of aromatic nitrogens is 2. The van der Waals surface area contributed by atoms with Crippen molar-refractivity contribution in [3.63, 3.8) is 0 Å². The van der Waals surface area contributed by atoms with Crippen molar-refractivity contribution >= 4 is 46.2 Å². The summed E-state index contributed by atoms with van der Waals surface area (Å²) >= 11 is 6.13. The van der Waals surface area contributed by atoms with Crippen molar-refractivity contribution in [2.45, 2.75) is 13.0 Å². The minimum absolute atomic E-state index is 0.284. The van der Waals surface area contributed by atoms with E-state index in [4.69, 9.17) is 31.1 Å². The Morgan fingerprint density at radius 3 is 2.43 bits per heavy atom. The predicted molar refractivity (Wildman–Crippen MR) is 147 cm³/mol. The highest BCUT2D eigenvalue weighted by molar-refractivity contribution is 6.51. The van der Waals surface area contributed by atoms with Crippen LogP contribution in [0.5, 0.6) is 0 Å². The molecule has 1 atom stereocenters. The second-order valence-electron chi connectivity index (χ2n) is 8.87. The molecule has 8 heteroatoms. The number of benzene rings is 3. The van der Waals surface area contributed by atoms with Gasteiger partial charge in [0.15, 0.2) is 17.5 Å². The van der Waals surface area contributed by atoms with Crippen LogP contribution >= 0.6 is 11.6 Å². The predicted octanol–water partition coefficient (Wildman–Crippen LogP) is 7.22. The molecule has 180 valence electrons. The molecule has 4 heterocycles. The fraction of sp³-hybridized carbons (Fsp3) is 0.0690. The first kappa shape index (κ1) is 21.6. The van der Waals surface area contributed by atoms with Crippen LogP contribution in [-0.2, 0) is 0 Å². The van der Waals surface area contributed by atoms with Crippen LogP contribution in [-0.4, -0.2) is 21.5 Å². The maximum absolute atomic E-state index is 6.13. The van der Waals surface area contributed by atoms with E-state index in [1.807, 2.05) is 96.5 Å². The average Bonchev–Trinajstić information content (AvgIpc) is 3.58. The molecule has 0 saturated carbocycles. The zero-order valence-electron chi connectivity index (χ0n) is 19.8. The lowest BCUT2D eigenvalue weighted by molar-refractivity contribution is 0.487. The first-order chi connectivity index (χ1) is 18.2. The molecule has 0 fully saturated rings. The molecule has 0 spiro atoms. The van der Waals surface area contributed by atoms with Crippen molar-refractivity contribution < 1.29 is 4.42 Å². The summed E-state index contributed by atoms with van der Waals surface area (Å²) in [6.45, 7) is 2.02. The van der Waals surface area contributed by atoms with E-state index in [2.05, 4.69) is 16.3 Å². The van der Waals surface area contributed by atoms with Gasteiger partial charge in [0, 0.05) is 10.7 Å². The van der Waals surface area contributed by atoms with Crippen LogP contribution in [0.2, 0.25) is 5.02 Å². The van der Waals surface area contributed by atoms with Gasteiger partial charge in [-0.1, -0.05) is 41.9 Å². The topological polar surface area (TPSA) is 71.0 Å². The van der Waals surface area contributed by atoms with Crippen LogP contribution < -0.4 is 10.2 Å². The summed E-state index contributed by atoms with van der Waals surface area (Å²) in [4.78, 5) is 12.4. The van der Waals surface area contributed by atoms with Crippen LogP contribution in [0.15, 0.2) is 112 Å². The quantitative estimate of drug-likeness (QED) is 0.281. The summed E-state index contributed by atoms with van der Waals surface area (Å²) in [6, 6.07) is 29.3. The number of aliphatic imine (C=N–C) groups is 2. The van der Waals surface area contributed by atoms with Crippen molar-refractivity contribution in [1.82, 2.24) is 9.78 Å². The Bertz CT molecular complexity index is 1670. The van der Waals surface area contributed by atoms with Gasteiger partial charge in [-0.05, 0) is 67.6 Å². The van der Waals surface area contributed by atoms with Crippen LogP contribution in [0.25, 0.3) is 5.69 Å². The third kappa shape index (κ3) is 3.55. The SMILES string of the molecule is Cc1nn(-c2ccccc2)c2c1C(c1ccco1)N1C(=N2)C(Nc2ccc(Cl)cc2)=Nc2ccccc21. The van der Waals surface area contributed by atoms with Gasteiger partial charge in [0.1, 0.15) is 11.8 Å². The van der Waals surface area contributed by atoms with E-state index in [-0.39, 0.29) is 6.04 Å². The number of rotatable bonds is 3. The fourth-order valence-corrected chi connectivity index (χ4v) is 5.06. The molecular formula is C29H21ClN6O. The fourth-order valence-electron chi connectivity index (χ4n) is 4.93.